The van der Waals surface area contributed by atoms with Crippen LogP contribution in [0.1, 0.15) is 13.3 Å². The normalized spacial score (nSPS) is 11.5. The summed E-state index contributed by atoms with van der Waals surface area (Å²) in [5.74, 6) is 0. The number of hydrogen-bond acceptors (Lipinski definition) is 0. The zero-order chi connectivity index (χ0) is 12.7. The van der Waals surface area contributed by atoms with E-state index in [1.165, 1.54) is 21.8 Å². The molecule has 18 heavy (non-hydrogen) atoms. The van der Waals surface area contributed by atoms with Crippen LogP contribution in [-0.4, -0.2) is 4.57 Å². The highest BCUT2D eigenvalue weighted by atomic mass is 35.5. The Kier molecular flexibility index (Phi) is 2.96. The Morgan fingerprint density at radius 3 is 1.83 bits per heavy atom. The lowest BCUT2D eigenvalue weighted by molar-refractivity contribution is 0.724. The van der Waals surface area contributed by atoms with E-state index < -0.39 is 0 Å². The molecular weight excluding hydrogens is 265 g/mol. The maximum Gasteiger partial charge on any atom is 0.0492 e. The van der Waals surface area contributed by atoms with Gasteiger partial charge in [-0.1, -0.05) is 30.1 Å². The molecule has 1 nitrogen and oxygen atoms in total. The molecule has 3 heteroatoms. The molecule has 1 aromatic heterocycles. The minimum absolute atomic E-state index is 0.762. The standard InChI is InChI=1S/C15H13Cl2N/c1-2-7-18-14-5-3-10(16)8-12(14)13-9-11(17)4-6-15(13)18/h3-6,8-9H,2,7H2,1H3. The van der Waals surface area contributed by atoms with Gasteiger partial charge in [0.1, 0.15) is 0 Å². The summed E-state index contributed by atoms with van der Waals surface area (Å²) in [5, 5.41) is 3.87. The Labute approximate surface area is 116 Å². The number of aryl methyl sites for hydroxylation is 1. The van der Waals surface area contributed by atoms with E-state index in [9.17, 15) is 0 Å². The van der Waals surface area contributed by atoms with Gasteiger partial charge in [0.25, 0.3) is 0 Å². The molecule has 0 aliphatic rings. The molecule has 0 bridgehead atoms. The van der Waals surface area contributed by atoms with E-state index in [1.807, 2.05) is 24.3 Å². The van der Waals surface area contributed by atoms with Crippen molar-refractivity contribution in [1.29, 1.82) is 0 Å². The highest BCUT2D eigenvalue weighted by Gasteiger charge is 2.10. The van der Waals surface area contributed by atoms with Crippen molar-refractivity contribution in [3.63, 3.8) is 0 Å². The third-order valence-electron chi connectivity index (χ3n) is 3.24. The van der Waals surface area contributed by atoms with Crippen LogP contribution in [0.2, 0.25) is 10.0 Å². The highest BCUT2D eigenvalue weighted by Crippen LogP contribution is 2.32. The first-order valence-electron chi connectivity index (χ1n) is 6.07. The first-order chi connectivity index (χ1) is 8.70. The molecule has 3 aromatic rings. The van der Waals surface area contributed by atoms with Crippen molar-refractivity contribution in [2.24, 2.45) is 0 Å². The molecule has 0 unspecified atom stereocenters. The monoisotopic (exact) mass is 277 g/mol. The Bertz CT molecular complexity index is 669. The summed E-state index contributed by atoms with van der Waals surface area (Å²) in [6, 6.07) is 12.1. The van der Waals surface area contributed by atoms with E-state index in [0.29, 0.717) is 0 Å². The van der Waals surface area contributed by atoms with Crippen LogP contribution in [0.15, 0.2) is 36.4 Å². The van der Waals surface area contributed by atoms with Crippen LogP contribution in [0.3, 0.4) is 0 Å². The largest absolute Gasteiger partial charge is 0.340 e. The molecule has 0 spiro atoms. The molecule has 1 heterocycles. The summed E-state index contributed by atoms with van der Waals surface area (Å²) >= 11 is 12.2. The van der Waals surface area contributed by atoms with Gasteiger partial charge in [-0.05, 0) is 42.8 Å². The average Bonchev–Trinajstić information content (AvgIpc) is 2.64. The Morgan fingerprint density at radius 1 is 0.889 bits per heavy atom. The van der Waals surface area contributed by atoms with E-state index in [-0.39, 0.29) is 0 Å². The fourth-order valence-corrected chi connectivity index (χ4v) is 2.86. The van der Waals surface area contributed by atoms with E-state index in [2.05, 4.69) is 23.6 Å². The van der Waals surface area contributed by atoms with Gasteiger partial charge in [0.2, 0.25) is 0 Å². The van der Waals surface area contributed by atoms with Gasteiger partial charge in [-0.3, -0.25) is 0 Å². The third-order valence-corrected chi connectivity index (χ3v) is 3.71. The minimum Gasteiger partial charge on any atom is -0.340 e. The number of halogens is 2. The fraction of sp³-hybridized carbons (Fsp3) is 0.200. The second-order valence-corrected chi connectivity index (χ2v) is 5.35. The molecule has 0 aliphatic carbocycles. The lowest BCUT2D eigenvalue weighted by Gasteiger charge is -2.04. The summed E-state index contributed by atoms with van der Waals surface area (Å²) in [6.45, 7) is 3.19. The third kappa shape index (κ3) is 1.79. The maximum absolute atomic E-state index is 6.10. The zero-order valence-electron chi connectivity index (χ0n) is 10.1. The van der Waals surface area contributed by atoms with Crippen LogP contribution < -0.4 is 0 Å². The van der Waals surface area contributed by atoms with Crippen LogP contribution in [0.4, 0.5) is 0 Å². The van der Waals surface area contributed by atoms with Crippen molar-refractivity contribution in [3.05, 3.63) is 46.4 Å². The van der Waals surface area contributed by atoms with Crippen LogP contribution >= 0.6 is 23.2 Å². The molecule has 0 N–H and O–H groups in total. The number of benzene rings is 2. The topological polar surface area (TPSA) is 4.93 Å². The summed E-state index contributed by atoms with van der Waals surface area (Å²) < 4.78 is 2.33. The Hall–Kier alpha value is -1.18. The van der Waals surface area contributed by atoms with Gasteiger partial charge in [-0.2, -0.15) is 0 Å². The number of fused-ring (bicyclic) bond motifs is 3. The lowest BCUT2D eigenvalue weighted by Crippen LogP contribution is -1.95. The number of rotatable bonds is 2. The van der Waals surface area contributed by atoms with Crippen LogP contribution in [0.5, 0.6) is 0 Å². The van der Waals surface area contributed by atoms with Gasteiger partial charge in [0.15, 0.2) is 0 Å². The van der Waals surface area contributed by atoms with Gasteiger partial charge in [0.05, 0.1) is 0 Å². The molecule has 3 rings (SSSR count). The molecule has 92 valence electrons. The highest BCUT2D eigenvalue weighted by molar-refractivity contribution is 6.33. The molecule has 0 saturated carbocycles. The SMILES string of the molecule is CCCn1c2ccc(Cl)cc2c2cc(Cl)ccc21. The molecule has 0 atom stereocenters. The zero-order valence-corrected chi connectivity index (χ0v) is 11.6. The van der Waals surface area contributed by atoms with E-state index in [0.717, 1.165) is 23.0 Å². The van der Waals surface area contributed by atoms with Gasteiger partial charge in [-0.15, -0.1) is 0 Å². The summed E-state index contributed by atoms with van der Waals surface area (Å²) in [6.07, 6.45) is 1.10. The van der Waals surface area contributed by atoms with Crippen molar-refractivity contribution in [2.45, 2.75) is 19.9 Å². The van der Waals surface area contributed by atoms with Gasteiger partial charge >= 0.3 is 0 Å². The predicted octanol–water partition coefficient (Wildman–Crippen LogP) is 5.51. The molecule has 2 aromatic carbocycles. The first kappa shape index (κ1) is 11.9. The summed E-state index contributed by atoms with van der Waals surface area (Å²) in [7, 11) is 0. The smallest absolute Gasteiger partial charge is 0.0492 e. The van der Waals surface area contributed by atoms with Crippen LogP contribution in [0.25, 0.3) is 21.8 Å². The molecule has 0 aliphatic heterocycles. The first-order valence-corrected chi connectivity index (χ1v) is 6.83. The van der Waals surface area contributed by atoms with Crippen molar-refractivity contribution in [2.75, 3.05) is 0 Å². The summed E-state index contributed by atoms with van der Waals surface area (Å²) in [5.41, 5.74) is 2.44. The van der Waals surface area contributed by atoms with Crippen molar-refractivity contribution < 1.29 is 0 Å². The van der Waals surface area contributed by atoms with E-state index in [4.69, 9.17) is 23.2 Å². The molecule has 0 fully saturated rings. The van der Waals surface area contributed by atoms with Gasteiger partial charge in [-0.25, -0.2) is 0 Å². The molecular formula is C15H13Cl2N. The Morgan fingerprint density at radius 2 is 1.39 bits per heavy atom. The second-order valence-electron chi connectivity index (χ2n) is 4.47. The number of nitrogens with zero attached hydrogens (tertiary/aromatic N) is 1. The van der Waals surface area contributed by atoms with Crippen molar-refractivity contribution in [1.82, 2.24) is 4.57 Å². The minimum atomic E-state index is 0.762. The maximum atomic E-state index is 6.10. The lowest BCUT2D eigenvalue weighted by atomic mass is 10.1. The summed E-state index contributed by atoms with van der Waals surface area (Å²) in [4.78, 5) is 0. The van der Waals surface area contributed by atoms with Gasteiger partial charge in [0, 0.05) is 38.4 Å². The Balaban J connectivity index is 2.48. The number of hydrogen-bond donors (Lipinski definition) is 0. The predicted molar refractivity (Wildman–Crippen MR) is 79.8 cm³/mol. The van der Waals surface area contributed by atoms with Crippen LogP contribution in [0, 0.1) is 0 Å². The fourth-order valence-electron chi connectivity index (χ4n) is 2.51. The molecule has 0 saturated heterocycles. The second kappa shape index (κ2) is 4.49. The number of aromatic nitrogens is 1. The van der Waals surface area contributed by atoms with Crippen LogP contribution in [-0.2, 0) is 6.54 Å². The average molecular weight is 278 g/mol. The molecule has 0 radical (unpaired) electrons. The van der Waals surface area contributed by atoms with Gasteiger partial charge < -0.3 is 4.57 Å². The van der Waals surface area contributed by atoms with Crippen molar-refractivity contribution >= 4 is 45.0 Å². The molecule has 0 amide bonds. The van der Waals surface area contributed by atoms with E-state index in [1.54, 1.807) is 0 Å². The van der Waals surface area contributed by atoms with E-state index >= 15 is 0 Å². The van der Waals surface area contributed by atoms with Crippen molar-refractivity contribution in [3.8, 4) is 0 Å². The quantitative estimate of drug-likeness (QED) is 0.582.